The van der Waals surface area contributed by atoms with Crippen molar-refractivity contribution in [1.29, 1.82) is 0 Å². The Morgan fingerprint density at radius 2 is 2.03 bits per heavy atom. The molecule has 1 fully saturated rings. The van der Waals surface area contributed by atoms with Gasteiger partial charge in [-0.25, -0.2) is 26.7 Å². The van der Waals surface area contributed by atoms with Crippen LogP contribution in [0, 0.1) is 6.92 Å². The number of halogens is 1. The first-order valence-electron chi connectivity index (χ1n) is 9.41. The molecule has 1 aromatic carbocycles. The summed E-state index contributed by atoms with van der Waals surface area (Å²) < 4.78 is 43.2. The van der Waals surface area contributed by atoms with Crippen LogP contribution in [0.5, 0.6) is 0 Å². The van der Waals surface area contributed by atoms with Crippen molar-refractivity contribution in [1.82, 2.24) is 23.6 Å². The van der Waals surface area contributed by atoms with Gasteiger partial charge in [0.25, 0.3) is 0 Å². The Morgan fingerprint density at radius 1 is 1.35 bits per heavy atom. The number of carbonyl (C=O) groups is 1. The summed E-state index contributed by atoms with van der Waals surface area (Å²) in [6, 6.07) is 3.80. The van der Waals surface area contributed by atoms with Crippen LogP contribution < -0.4 is 5.69 Å². The summed E-state index contributed by atoms with van der Waals surface area (Å²) in [5, 5.41) is 18.7. The number of alkyl halides is 1. The monoisotopic (exact) mass is 469 g/mol. The molecule has 0 radical (unpaired) electrons. The first kappa shape index (κ1) is 21.7. The van der Waals surface area contributed by atoms with Crippen LogP contribution in [-0.2, 0) is 10.0 Å². The number of aliphatic hydroxyl groups is 1. The van der Waals surface area contributed by atoms with E-state index in [2.05, 4.69) is 10.2 Å². The van der Waals surface area contributed by atoms with Gasteiger partial charge in [-0.05, 0) is 44.9 Å². The third-order valence-electron chi connectivity index (χ3n) is 5.27. The molecule has 3 aromatic rings. The van der Waals surface area contributed by atoms with Crippen molar-refractivity contribution >= 4 is 38.3 Å². The molecule has 1 aliphatic carbocycles. The van der Waals surface area contributed by atoms with Gasteiger partial charge in [0, 0.05) is 6.92 Å². The molecule has 4 rings (SSSR count). The van der Waals surface area contributed by atoms with Gasteiger partial charge in [0.05, 0.1) is 21.5 Å². The second-order valence-corrected chi connectivity index (χ2v) is 10.5. The SMILES string of the molecule is CC(=O)n1c(=O)n(-c2nnc(C)s2)c2cc(S(=O)(=O)N(C(C)O)C3(CF)CC3)ccc21. The van der Waals surface area contributed by atoms with E-state index < -0.39 is 40.1 Å². The van der Waals surface area contributed by atoms with Gasteiger partial charge in [-0.1, -0.05) is 11.3 Å². The Kier molecular flexibility index (Phi) is 5.11. The Balaban J connectivity index is 1.98. The molecule has 2 heterocycles. The molecule has 166 valence electrons. The minimum Gasteiger partial charge on any atom is -0.378 e. The van der Waals surface area contributed by atoms with Crippen LogP contribution in [0.25, 0.3) is 16.2 Å². The molecule has 1 atom stereocenters. The molecule has 13 heteroatoms. The lowest BCUT2D eigenvalue weighted by molar-refractivity contribution is 0.0374. The summed E-state index contributed by atoms with van der Waals surface area (Å²) in [7, 11) is -4.32. The number of nitrogens with zero attached hydrogens (tertiary/aromatic N) is 5. The summed E-state index contributed by atoms with van der Waals surface area (Å²) in [4.78, 5) is 24.8. The smallest absolute Gasteiger partial charge is 0.342 e. The molecule has 0 amide bonds. The maximum absolute atomic E-state index is 13.7. The number of hydrogen-bond donors (Lipinski definition) is 1. The molecule has 0 saturated heterocycles. The van der Waals surface area contributed by atoms with Crippen molar-refractivity contribution in [3.63, 3.8) is 0 Å². The van der Waals surface area contributed by atoms with Gasteiger partial charge in [-0.15, -0.1) is 10.2 Å². The quantitative estimate of drug-likeness (QED) is 0.541. The maximum atomic E-state index is 13.7. The van der Waals surface area contributed by atoms with Gasteiger partial charge in [0.1, 0.15) is 17.9 Å². The van der Waals surface area contributed by atoms with Crippen LogP contribution in [0.3, 0.4) is 0 Å². The zero-order valence-electron chi connectivity index (χ0n) is 16.9. The zero-order chi connectivity index (χ0) is 22.7. The number of aromatic nitrogens is 4. The van der Waals surface area contributed by atoms with Crippen LogP contribution >= 0.6 is 11.3 Å². The number of aryl methyl sites for hydroxylation is 1. The highest BCUT2D eigenvalue weighted by Gasteiger charge is 2.55. The average Bonchev–Trinajstić information content (AvgIpc) is 3.24. The number of sulfonamides is 1. The molecule has 0 aliphatic heterocycles. The molecule has 10 nitrogen and oxygen atoms in total. The fraction of sp³-hybridized carbons (Fsp3) is 0.444. The van der Waals surface area contributed by atoms with E-state index >= 15 is 0 Å². The summed E-state index contributed by atoms with van der Waals surface area (Å²) in [6.45, 7) is 3.25. The van der Waals surface area contributed by atoms with Crippen LogP contribution in [0.2, 0.25) is 0 Å². The molecule has 1 N–H and O–H groups in total. The molecular weight excluding hydrogens is 449 g/mol. The molecule has 2 aromatic heterocycles. The number of rotatable bonds is 6. The predicted molar refractivity (Wildman–Crippen MR) is 111 cm³/mol. The van der Waals surface area contributed by atoms with E-state index in [1.165, 1.54) is 32.0 Å². The number of carbonyl (C=O) groups excluding carboxylic acids is 1. The Hall–Kier alpha value is -2.48. The molecule has 31 heavy (non-hydrogen) atoms. The van der Waals surface area contributed by atoms with E-state index in [9.17, 15) is 27.5 Å². The first-order valence-corrected chi connectivity index (χ1v) is 11.7. The highest BCUT2D eigenvalue weighted by Crippen LogP contribution is 2.46. The van der Waals surface area contributed by atoms with E-state index in [4.69, 9.17) is 0 Å². The van der Waals surface area contributed by atoms with Crippen molar-refractivity contribution in [3.8, 4) is 5.13 Å². The molecule has 1 saturated carbocycles. The van der Waals surface area contributed by atoms with E-state index in [1.807, 2.05) is 0 Å². The van der Waals surface area contributed by atoms with E-state index in [-0.39, 0.29) is 21.1 Å². The van der Waals surface area contributed by atoms with Gasteiger partial charge in [0.15, 0.2) is 0 Å². The summed E-state index contributed by atoms with van der Waals surface area (Å²) in [6.07, 6.45) is -0.856. The van der Waals surface area contributed by atoms with Crippen molar-refractivity contribution in [2.45, 2.75) is 50.3 Å². The largest absolute Gasteiger partial charge is 0.378 e. The van der Waals surface area contributed by atoms with Crippen molar-refractivity contribution in [3.05, 3.63) is 33.7 Å². The predicted octanol–water partition coefficient (Wildman–Crippen LogP) is 1.44. The summed E-state index contributed by atoms with van der Waals surface area (Å²) in [5.74, 6) is -0.550. The standard InChI is InChI=1S/C18H20FN5O5S2/c1-10-20-21-16(30-10)23-15-8-13(4-5-14(15)22(11(2)25)17(23)27)31(28,29)24(12(3)26)18(9-19)6-7-18/h4-5,8,12,26H,6-7,9H2,1-3H3. The van der Waals surface area contributed by atoms with Crippen LogP contribution in [-0.4, -0.2) is 61.5 Å². The second-order valence-electron chi connectivity index (χ2n) is 7.52. The minimum absolute atomic E-state index is 0.132. The van der Waals surface area contributed by atoms with Crippen LogP contribution in [0.4, 0.5) is 4.39 Å². The highest BCUT2D eigenvalue weighted by molar-refractivity contribution is 7.89. The lowest BCUT2D eigenvalue weighted by atomic mass is 10.3. The van der Waals surface area contributed by atoms with Gasteiger partial charge < -0.3 is 5.11 Å². The van der Waals surface area contributed by atoms with Crippen LogP contribution in [0.1, 0.15) is 36.5 Å². The zero-order valence-corrected chi connectivity index (χ0v) is 18.6. The number of fused-ring (bicyclic) bond motifs is 1. The lowest BCUT2D eigenvalue weighted by Gasteiger charge is -2.31. The first-order chi connectivity index (χ1) is 14.5. The lowest BCUT2D eigenvalue weighted by Crippen LogP contribution is -2.48. The second kappa shape index (κ2) is 7.29. The molecule has 1 aliphatic rings. The van der Waals surface area contributed by atoms with Gasteiger partial charge in [0.2, 0.25) is 21.1 Å². The average molecular weight is 470 g/mol. The topological polar surface area (TPSA) is 127 Å². The van der Waals surface area contributed by atoms with Crippen molar-refractivity contribution < 1.29 is 22.7 Å². The normalized spacial score (nSPS) is 16.7. The summed E-state index contributed by atoms with van der Waals surface area (Å²) in [5.41, 5.74) is -1.65. The number of hydrogen-bond acceptors (Lipinski definition) is 8. The fourth-order valence-electron chi connectivity index (χ4n) is 3.73. The Morgan fingerprint density at radius 3 is 2.52 bits per heavy atom. The van der Waals surface area contributed by atoms with Crippen molar-refractivity contribution in [2.24, 2.45) is 0 Å². The number of imidazole rings is 1. The van der Waals surface area contributed by atoms with Gasteiger partial charge >= 0.3 is 5.69 Å². The fourth-order valence-corrected chi connectivity index (χ4v) is 6.29. The van der Waals surface area contributed by atoms with Crippen molar-refractivity contribution in [2.75, 3.05) is 6.67 Å². The maximum Gasteiger partial charge on any atom is 0.342 e. The molecular formula is C18H20FN5O5S2. The number of aliphatic hydroxyl groups excluding tert-OH is 1. The van der Waals surface area contributed by atoms with Crippen LogP contribution in [0.15, 0.2) is 27.9 Å². The Labute approximate surface area is 180 Å². The molecule has 0 bridgehead atoms. The number of benzene rings is 1. The van der Waals surface area contributed by atoms with E-state index in [0.717, 1.165) is 24.8 Å². The molecule has 1 unspecified atom stereocenters. The highest BCUT2D eigenvalue weighted by atomic mass is 32.2. The third-order valence-corrected chi connectivity index (χ3v) is 8.16. The molecule has 0 spiro atoms. The third kappa shape index (κ3) is 3.32. The van der Waals surface area contributed by atoms with Gasteiger partial charge in [-0.2, -0.15) is 4.31 Å². The minimum atomic E-state index is -4.32. The Bertz CT molecular complexity index is 1350. The van der Waals surface area contributed by atoms with E-state index in [1.54, 1.807) is 6.92 Å². The van der Waals surface area contributed by atoms with E-state index in [0.29, 0.717) is 17.8 Å². The summed E-state index contributed by atoms with van der Waals surface area (Å²) >= 11 is 1.10. The van der Waals surface area contributed by atoms with Gasteiger partial charge in [-0.3, -0.25) is 4.79 Å².